The van der Waals surface area contributed by atoms with Gasteiger partial charge in [-0.3, -0.25) is 14.2 Å². The van der Waals surface area contributed by atoms with E-state index in [0.717, 1.165) is 24.1 Å². The summed E-state index contributed by atoms with van der Waals surface area (Å²) in [6.07, 6.45) is 1.99. The van der Waals surface area contributed by atoms with Crippen molar-refractivity contribution in [3.05, 3.63) is 64.4 Å². The Morgan fingerprint density at radius 2 is 1.89 bits per heavy atom. The highest BCUT2D eigenvalue weighted by atomic mass is 32.2. The van der Waals surface area contributed by atoms with Crippen LogP contribution >= 0.6 is 11.8 Å². The van der Waals surface area contributed by atoms with Gasteiger partial charge in [0.05, 0.1) is 22.3 Å². The predicted molar refractivity (Wildman–Crippen MR) is 111 cm³/mol. The zero-order valence-corrected chi connectivity index (χ0v) is 16.4. The topological polar surface area (TPSA) is 64.0 Å². The summed E-state index contributed by atoms with van der Waals surface area (Å²) in [6.45, 7) is 4.76. The fraction of sp³-hybridized carbons (Fsp3) is 0.286. The minimum atomic E-state index is -0.127. The van der Waals surface area contributed by atoms with Gasteiger partial charge in [0.15, 0.2) is 5.16 Å². The van der Waals surface area contributed by atoms with Gasteiger partial charge in [-0.1, -0.05) is 54.9 Å². The van der Waals surface area contributed by atoms with E-state index in [2.05, 4.69) is 17.2 Å². The maximum atomic E-state index is 13.1. The molecule has 0 aliphatic carbocycles. The minimum absolute atomic E-state index is 0.0497. The van der Waals surface area contributed by atoms with Crippen LogP contribution in [0.25, 0.3) is 16.6 Å². The molecule has 27 heavy (non-hydrogen) atoms. The zero-order valence-electron chi connectivity index (χ0n) is 15.6. The van der Waals surface area contributed by atoms with Crippen molar-refractivity contribution >= 4 is 28.6 Å². The summed E-state index contributed by atoms with van der Waals surface area (Å²) in [7, 11) is 0. The molecule has 2 aromatic carbocycles. The molecule has 3 aromatic rings. The molecule has 1 N–H and O–H groups in total. The van der Waals surface area contributed by atoms with Gasteiger partial charge in [-0.2, -0.15) is 0 Å². The Morgan fingerprint density at radius 1 is 1.15 bits per heavy atom. The highest BCUT2D eigenvalue weighted by Crippen LogP contribution is 2.21. The lowest BCUT2D eigenvalue weighted by Gasteiger charge is -2.13. The minimum Gasteiger partial charge on any atom is -0.355 e. The van der Waals surface area contributed by atoms with Gasteiger partial charge in [0, 0.05) is 6.54 Å². The van der Waals surface area contributed by atoms with Crippen LogP contribution in [-0.4, -0.2) is 27.8 Å². The van der Waals surface area contributed by atoms with Gasteiger partial charge in [0.25, 0.3) is 5.56 Å². The van der Waals surface area contributed by atoms with E-state index in [4.69, 9.17) is 0 Å². The standard InChI is InChI=1S/C21H23N3O2S/c1-3-4-13-22-19(25)14-27-21-23-18-8-6-5-7-17(18)20(26)24(21)16-11-9-15(2)10-12-16/h5-12H,3-4,13-14H2,1-2H3,(H,22,25). The molecule has 0 aliphatic heterocycles. The Kier molecular flexibility index (Phi) is 6.29. The van der Waals surface area contributed by atoms with Crippen molar-refractivity contribution in [2.24, 2.45) is 0 Å². The number of benzene rings is 2. The number of carbonyl (C=O) groups is 1. The van der Waals surface area contributed by atoms with Crippen LogP contribution in [0.5, 0.6) is 0 Å². The van der Waals surface area contributed by atoms with E-state index in [1.165, 1.54) is 11.8 Å². The predicted octanol–water partition coefficient (Wildman–Crippen LogP) is 3.70. The second-order valence-electron chi connectivity index (χ2n) is 6.38. The van der Waals surface area contributed by atoms with Crippen molar-refractivity contribution < 1.29 is 4.79 Å². The average molecular weight is 382 g/mol. The van der Waals surface area contributed by atoms with Crippen LogP contribution in [0.3, 0.4) is 0 Å². The molecule has 0 atom stereocenters. The van der Waals surface area contributed by atoms with Crippen LogP contribution in [0.15, 0.2) is 58.5 Å². The zero-order chi connectivity index (χ0) is 19.2. The number of aromatic nitrogens is 2. The first-order valence-corrected chi connectivity index (χ1v) is 10.1. The van der Waals surface area contributed by atoms with Crippen molar-refractivity contribution in [2.75, 3.05) is 12.3 Å². The van der Waals surface area contributed by atoms with E-state index in [0.29, 0.717) is 22.6 Å². The Balaban J connectivity index is 1.97. The molecule has 3 rings (SSSR count). The molecular formula is C21H23N3O2S. The molecule has 0 radical (unpaired) electrons. The van der Waals surface area contributed by atoms with Gasteiger partial charge >= 0.3 is 0 Å². The third kappa shape index (κ3) is 4.57. The average Bonchev–Trinajstić information content (AvgIpc) is 2.68. The molecular weight excluding hydrogens is 358 g/mol. The largest absolute Gasteiger partial charge is 0.355 e. The molecule has 0 saturated carbocycles. The highest BCUT2D eigenvalue weighted by Gasteiger charge is 2.14. The molecule has 1 amide bonds. The number of hydrogen-bond donors (Lipinski definition) is 1. The number of fused-ring (bicyclic) bond motifs is 1. The Bertz CT molecular complexity index is 996. The summed E-state index contributed by atoms with van der Waals surface area (Å²) in [5.74, 6) is 0.173. The van der Waals surface area contributed by atoms with Gasteiger partial charge in [0.1, 0.15) is 0 Å². The lowest BCUT2D eigenvalue weighted by molar-refractivity contribution is -0.118. The van der Waals surface area contributed by atoms with Crippen molar-refractivity contribution in [3.8, 4) is 5.69 Å². The maximum Gasteiger partial charge on any atom is 0.266 e. The van der Waals surface area contributed by atoms with Crippen LogP contribution in [0.1, 0.15) is 25.3 Å². The van der Waals surface area contributed by atoms with E-state index in [1.54, 1.807) is 10.6 Å². The van der Waals surface area contributed by atoms with Gasteiger partial charge in [-0.05, 0) is 37.6 Å². The lowest BCUT2D eigenvalue weighted by Crippen LogP contribution is -2.27. The third-order valence-electron chi connectivity index (χ3n) is 4.22. The van der Waals surface area contributed by atoms with Gasteiger partial charge in [-0.15, -0.1) is 0 Å². The first kappa shape index (κ1) is 19.2. The van der Waals surface area contributed by atoms with Crippen LogP contribution in [0.4, 0.5) is 0 Å². The molecule has 1 aromatic heterocycles. The van der Waals surface area contributed by atoms with Crippen molar-refractivity contribution in [1.29, 1.82) is 0 Å². The van der Waals surface area contributed by atoms with E-state index in [1.807, 2.05) is 49.4 Å². The fourth-order valence-corrected chi connectivity index (χ4v) is 3.56. The van der Waals surface area contributed by atoms with Crippen LogP contribution in [0, 0.1) is 6.92 Å². The van der Waals surface area contributed by atoms with E-state index >= 15 is 0 Å². The molecule has 5 nitrogen and oxygen atoms in total. The number of carbonyl (C=O) groups excluding carboxylic acids is 1. The number of rotatable bonds is 7. The summed E-state index contributed by atoms with van der Waals surface area (Å²) in [5.41, 5.74) is 2.38. The number of hydrogen-bond acceptors (Lipinski definition) is 4. The van der Waals surface area contributed by atoms with Gasteiger partial charge in [-0.25, -0.2) is 4.98 Å². The van der Waals surface area contributed by atoms with E-state index in [9.17, 15) is 9.59 Å². The molecule has 0 unspecified atom stereocenters. The van der Waals surface area contributed by atoms with E-state index in [-0.39, 0.29) is 17.2 Å². The third-order valence-corrected chi connectivity index (χ3v) is 5.16. The number of amides is 1. The number of unbranched alkanes of at least 4 members (excludes halogenated alkanes) is 1. The summed E-state index contributed by atoms with van der Waals surface area (Å²) in [4.78, 5) is 29.8. The number of aryl methyl sites for hydroxylation is 1. The molecule has 0 spiro atoms. The van der Waals surface area contributed by atoms with Gasteiger partial charge in [0.2, 0.25) is 5.91 Å². The summed E-state index contributed by atoms with van der Waals surface area (Å²) < 4.78 is 1.59. The lowest BCUT2D eigenvalue weighted by atomic mass is 10.2. The molecule has 6 heteroatoms. The van der Waals surface area contributed by atoms with Crippen molar-refractivity contribution in [2.45, 2.75) is 31.8 Å². The molecule has 0 fully saturated rings. The number of nitrogens with one attached hydrogen (secondary N) is 1. The quantitative estimate of drug-likeness (QED) is 0.385. The first-order chi connectivity index (χ1) is 13.1. The monoisotopic (exact) mass is 381 g/mol. The molecule has 0 saturated heterocycles. The maximum absolute atomic E-state index is 13.1. The number of para-hydroxylation sites is 1. The molecule has 1 heterocycles. The molecule has 140 valence electrons. The number of thioether (sulfide) groups is 1. The van der Waals surface area contributed by atoms with Gasteiger partial charge < -0.3 is 5.32 Å². The Morgan fingerprint density at radius 3 is 2.63 bits per heavy atom. The van der Waals surface area contributed by atoms with Crippen molar-refractivity contribution in [1.82, 2.24) is 14.9 Å². The molecule has 0 aliphatic rings. The second-order valence-corrected chi connectivity index (χ2v) is 7.32. The van der Waals surface area contributed by atoms with E-state index < -0.39 is 0 Å². The summed E-state index contributed by atoms with van der Waals surface area (Å²) in [6, 6.07) is 15.0. The Hall–Kier alpha value is -2.60. The van der Waals surface area contributed by atoms with Crippen LogP contribution in [0.2, 0.25) is 0 Å². The normalized spacial score (nSPS) is 10.9. The first-order valence-electron chi connectivity index (χ1n) is 9.08. The highest BCUT2D eigenvalue weighted by molar-refractivity contribution is 7.99. The molecule has 0 bridgehead atoms. The smallest absolute Gasteiger partial charge is 0.266 e. The second kappa shape index (κ2) is 8.86. The SMILES string of the molecule is CCCCNC(=O)CSc1nc2ccccc2c(=O)n1-c1ccc(C)cc1. The van der Waals surface area contributed by atoms with Crippen LogP contribution in [-0.2, 0) is 4.79 Å². The fourth-order valence-electron chi connectivity index (χ4n) is 2.72. The van der Waals surface area contributed by atoms with Crippen molar-refractivity contribution in [3.63, 3.8) is 0 Å². The summed E-state index contributed by atoms with van der Waals surface area (Å²) in [5, 5.41) is 3.98. The summed E-state index contributed by atoms with van der Waals surface area (Å²) >= 11 is 1.28. The Labute approximate surface area is 162 Å². The van der Waals surface area contributed by atoms with Crippen LogP contribution < -0.4 is 10.9 Å². The number of nitrogens with zero attached hydrogens (tertiary/aromatic N) is 2.